The first-order valence-corrected chi connectivity index (χ1v) is 11.7. The Bertz CT molecular complexity index is 1300. The zero-order chi connectivity index (χ0) is 26.8. The molecule has 0 aliphatic carbocycles. The molecule has 1 aromatic carbocycles. The first-order valence-electron chi connectivity index (χ1n) is 11.8. The molecule has 1 fully saturated rings. The number of ether oxygens (including phenoxy) is 1. The van der Waals surface area contributed by atoms with E-state index in [0.717, 1.165) is 11.3 Å². The predicted molar refractivity (Wildman–Crippen MR) is 128 cm³/mol. The van der Waals surface area contributed by atoms with E-state index >= 15 is 0 Å². The number of thiazole rings is 1. The van der Waals surface area contributed by atoms with Gasteiger partial charge in [0.15, 0.2) is 16.6 Å². The second-order valence-corrected chi connectivity index (χ2v) is 9.29. The minimum Gasteiger partial charge on any atom is -0.379 e. The summed E-state index contributed by atoms with van der Waals surface area (Å²) >= 11 is 0.991. The molecular weight excluding hydrogens is 476 g/mol. The maximum Gasteiger partial charge on any atom is 0.273 e. The standard InChI is InChI=1S/C24H25F2N5O3S/c1-24(2,30-21(32)20-17(26)12-16(25)13-27-20)22(33)29-23-28-19(15-6-4-3-5-7-15)18(35-23)14-31-8-10-34-11-9-31/h3-7,12-13H,8-11,14H2,1-2H3,(H,30,32)(H,28,29,33)/i14D2. The predicted octanol–water partition coefficient (Wildman–Crippen LogP) is 3.46. The molecule has 0 spiro atoms. The number of benzene rings is 1. The van der Waals surface area contributed by atoms with Crippen molar-refractivity contribution in [1.29, 1.82) is 0 Å². The van der Waals surface area contributed by atoms with Crippen molar-refractivity contribution in [2.24, 2.45) is 0 Å². The second kappa shape index (κ2) is 10.5. The molecule has 1 aliphatic rings. The number of halogens is 2. The number of rotatable bonds is 7. The molecule has 3 heterocycles. The molecule has 1 aliphatic heterocycles. The Balaban J connectivity index is 1.59. The minimum absolute atomic E-state index is 0.129. The van der Waals surface area contributed by atoms with Gasteiger partial charge in [0.05, 0.1) is 25.1 Å². The smallest absolute Gasteiger partial charge is 0.273 e. The van der Waals surface area contributed by atoms with Gasteiger partial charge in [0.25, 0.3) is 11.8 Å². The molecule has 0 unspecified atom stereocenters. The summed E-state index contributed by atoms with van der Waals surface area (Å²) in [5.74, 6) is -3.76. The summed E-state index contributed by atoms with van der Waals surface area (Å²) in [4.78, 5) is 35.6. The normalized spacial score (nSPS) is 15.8. The van der Waals surface area contributed by atoms with Crippen molar-refractivity contribution in [2.45, 2.75) is 25.9 Å². The highest BCUT2D eigenvalue weighted by Crippen LogP contribution is 2.32. The number of pyridine rings is 1. The van der Waals surface area contributed by atoms with Gasteiger partial charge in [-0.05, 0) is 13.8 Å². The first-order chi connectivity index (χ1) is 17.5. The number of anilines is 1. The van der Waals surface area contributed by atoms with Gasteiger partial charge in [-0.1, -0.05) is 41.7 Å². The van der Waals surface area contributed by atoms with Crippen molar-refractivity contribution < 1.29 is 25.8 Å². The van der Waals surface area contributed by atoms with E-state index in [2.05, 4.69) is 20.6 Å². The van der Waals surface area contributed by atoms with Crippen molar-refractivity contribution in [2.75, 3.05) is 31.6 Å². The molecule has 3 aromatic rings. The lowest BCUT2D eigenvalue weighted by Crippen LogP contribution is -2.52. The van der Waals surface area contributed by atoms with Gasteiger partial charge >= 0.3 is 0 Å². The van der Waals surface area contributed by atoms with Crippen molar-refractivity contribution in [3.05, 3.63) is 64.8 Å². The van der Waals surface area contributed by atoms with Crippen LogP contribution < -0.4 is 10.6 Å². The molecule has 0 atom stereocenters. The first kappa shape index (κ1) is 22.2. The second-order valence-electron chi connectivity index (χ2n) is 8.29. The number of nitrogens with one attached hydrogen (secondary N) is 2. The third-order valence-electron chi connectivity index (χ3n) is 5.18. The van der Waals surface area contributed by atoms with Gasteiger partial charge in [-0.15, -0.1) is 0 Å². The van der Waals surface area contributed by atoms with Crippen LogP contribution in [0.3, 0.4) is 0 Å². The van der Waals surface area contributed by atoms with Crippen LogP contribution in [0.15, 0.2) is 42.6 Å². The number of hydrogen-bond donors (Lipinski definition) is 2. The molecule has 0 bridgehead atoms. The van der Waals surface area contributed by atoms with Crippen LogP contribution in [0.1, 0.15) is 32.0 Å². The van der Waals surface area contributed by atoms with Crippen LogP contribution in [0.4, 0.5) is 13.9 Å². The molecular formula is C24H25F2N5O3S. The fraction of sp³-hybridized carbons (Fsp3) is 0.333. The molecule has 0 saturated carbocycles. The summed E-state index contributed by atoms with van der Waals surface area (Å²) < 4.78 is 50.2. The van der Waals surface area contributed by atoms with Gasteiger partial charge in [-0.2, -0.15) is 0 Å². The summed E-state index contributed by atoms with van der Waals surface area (Å²) in [7, 11) is 0. The largest absolute Gasteiger partial charge is 0.379 e. The summed E-state index contributed by atoms with van der Waals surface area (Å²) in [6, 6.07) is 9.57. The average Bonchev–Trinajstić information content (AvgIpc) is 3.29. The highest BCUT2D eigenvalue weighted by atomic mass is 32.1. The van der Waals surface area contributed by atoms with Gasteiger partial charge in [0.2, 0.25) is 0 Å². The lowest BCUT2D eigenvalue weighted by molar-refractivity contribution is -0.120. The van der Waals surface area contributed by atoms with Gasteiger partial charge in [0, 0.05) is 38.8 Å². The number of hydrogen-bond acceptors (Lipinski definition) is 7. The van der Waals surface area contributed by atoms with Gasteiger partial charge in [-0.3, -0.25) is 19.8 Å². The molecule has 35 heavy (non-hydrogen) atoms. The Labute approximate surface area is 208 Å². The van der Waals surface area contributed by atoms with Crippen LogP contribution in [0.5, 0.6) is 0 Å². The van der Waals surface area contributed by atoms with E-state index in [9.17, 15) is 18.4 Å². The molecule has 11 heteroatoms. The lowest BCUT2D eigenvalue weighted by atomic mass is 10.0. The van der Waals surface area contributed by atoms with E-state index in [0.29, 0.717) is 54.7 Å². The minimum atomic E-state index is -1.88. The topological polar surface area (TPSA) is 96.5 Å². The Morgan fingerprint density at radius 3 is 2.63 bits per heavy atom. The van der Waals surface area contributed by atoms with Crippen LogP contribution >= 0.6 is 11.3 Å². The van der Waals surface area contributed by atoms with E-state index in [1.807, 2.05) is 18.2 Å². The summed E-state index contributed by atoms with van der Waals surface area (Å²) in [6.45, 7) is 2.52. The number of nitrogens with zero attached hydrogens (tertiary/aromatic N) is 3. The third kappa shape index (κ3) is 6.05. The summed E-state index contributed by atoms with van der Waals surface area (Å²) in [6.07, 6.45) is 0.704. The highest BCUT2D eigenvalue weighted by molar-refractivity contribution is 7.16. The lowest BCUT2D eigenvalue weighted by Gasteiger charge is -2.26. The number of carbonyl (C=O) groups is 2. The van der Waals surface area contributed by atoms with E-state index in [1.54, 1.807) is 17.0 Å². The molecule has 2 aromatic heterocycles. The van der Waals surface area contributed by atoms with E-state index in [4.69, 9.17) is 7.48 Å². The average molecular weight is 504 g/mol. The zero-order valence-electron chi connectivity index (χ0n) is 21.1. The molecule has 1 saturated heterocycles. The zero-order valence-corrected chi connectivity index (χ0v) is 19.9. The van der Waals surface area contributed by atoms with Crippen LogP contribution in [-0.2, 0) is 16.0 Å². The fourth-order valence-electron chi connectivity index (χ4n) is 3.29. The summed E-state index contributed by atoms with van der Waals surface area (Å²) in [5.41, 5.74) is -1.13. The number of amides is 2. The maximum absolute atomic E-state index is 14.0. The Hall–Kier alpha value is -3.28. The van der Waals surface area contributed by atoms with Crippen LogP contribution in [-0.4, -0.2) is 58.5 Å². The molecule has 8 nitrogen and oxygen atoms in total. The monoisotopic (exact) mass is 503 g/mol. The van der Waals surface area contributed by atoms with Gasteiger partial charge in [0.1, 0.15) is 11.4 Å². The van der Waals surface area contributed by atoms with Crippen molar-refractivity contribution >= 4 is 28.3 Å². The molecule has 2 N–H and O–H groups in total. The van der Waals surface area contributed by atoms with Crippen LogP contribution in [0.25, 0.3) is 11.3 Å². The van der Waals surface area contributed by atoms with E-state index < -0.39 is 41.2 Å². The van der Waals surface area contributed by atoms with Gasteiger partial charge < -0.3 is 10.1 Å². The Kier molecular flexibility index (Phi) is 6.69. The van der Waals surface area contributed by atoms with Gasteiger partial charge in [-0.25, -0.2) is 18.7 Å². The Morgan fingerprint density at radius 1 is 1.23 bits per heavy atom. The maximum atomic E-state index is 14.0. The van der Waals surface area contributed by atoms with Crippen LogP contribution in [0.2, 0.25) is 0 Å². The quantitative estimate of drug-likeness (QED) is 0.513. The van der Waals surface area contributed by atoms with Crippen LogP contribution in [0, 0.1) is 11.6 Å². The van der Waals surface area contributed by atoms with Crippen molar-refractivity contribution in [1.82, 2.24) is 20.2 Å². The third-order valence-corrected chi connectivity index (χ3v) is 6.06. The molecule has 4 rings (SSSR count). The number of morpholine rings is 1. The number of carbonyl (C=O) groups excluding carboxylic acids is 2. The molecule has 2 amide bonds. The SMILES string of the molecule is [2H]C([2H])(c1sc(NC(=O)C(C)(C)NC(=O)c2ncc(F)cc2F)nc1-c1ccccc1)N1CCOCC1. The molecule has 0 radical (unpaired) electrons. The Morgan fingerprint density at radius 2 is 1.94 bits per heavy atom. The van der Waals surface area contributed by atoms with E-state index in [1.165, 1.54) is 13.8 Å². The summed E-state index contributed by atoms with van der Waals surface area (Å²) in [5, 5.41) is 5.16. The van der Waals surface area contributed by atoms with Crippen molar-refractivity contribution in [3.8, 4) is 11.3 Å². The highest BCUT2D eigenvalue weighted by Gasteiger charge is 2.32. The molecule has 184 valence electrons. The number of aromatic nitrogens is 2. The van der Waals surface area contributed by atoms with Crippen molar-refractivity contribution in [3.63, 3.8) is 0 Å². The fourth-order valence-corrected chi connectivity index (χ4v) is 4.20. The van der Waals surface area contributed by atoms with E-state index in [-0.39, 0.29) is 5.13 Å².